The molecule has 1 aliphatic carbocycles. The van der Waals surface area contributed by atoms with Gasteiger partial charge in [0, 0.05) is 50.8 Å². The van der Waals surface area contributed by atoms with Crippen molar-refractivity contribution in [1.82, 2.24) is 14.5 Å². The molecule has 1 unspecified atom stereocenters. The molecule has 42 heavy (non-hydrogen) atoms. The monoisotopic (exact) mass is 577 g/mol. The summed E-state index contributed by atoms with van der Waals surface area (Å²) in [4.78, 5) is 32.2. The van der Waals surface area contributed by atoms with Gasteiger partial charge < -0.3 is 23.6 Å². The van der Waals surface area contributed by atoms with Crippen molar-refractivity contribution in [3.05, 3.63) is 54.0 Å². The lowest BCUT2D eigenvalue weighted by molar-refractivity contribution is -0.211. The van der Waals surface area contributed by atoms with Gasteiger partial charge in [-0.25, -0.2) is 9.37 Å². The van der Waals surface area contributed by atoms with E-state index in [1.54, 1.807) is 12.1 Å². The minimum Gasteiger partial charge on any atom is -0.481 e. The molecule has 2 aromatic carbocycles. The van der Waals surface area contributed by atoms with Crippen LogP contribution in [0.25, 0.3) is 33.5 Å². The number of halogens is 1. The Morgan fingerprint density at radius 2 is 1.86 bits per heavy atom. The molecule has 0 spiro atoms. The summed E-state index contributed by atoms with van der Waals surface area (Å²) in [6.45, 7) is 1.33. The second kappa shape index (κ2) is 11.6. The Morgan fingerprint density at radius 3 is 2.57 bits per heavy atom. The Balaban J connectivity index is 1.30. The minimum absolute atomic E-state index is 0.00208. The number of carboxylic acid groups (broad SMARTS) is 1. The topological polar surface area (TPSA) is 107 Å². The van der Waals surface area contributed by atoms with Crippen LogP contribution in [0.1, 0.15) is 44.1 Å². The van der Waals surface area contributed by atoms with E-state index in [0.29, 0.717) is 50.2 Å². The first-order valence-electron chi connectivity index (χ1n) is 14.6. The summed E-state index contributed by atoms with van der Waals surface area (Å²) in [5, 5.41) is 10.4. The van der Waals surface area contributed by atoms with Gasteiger partial charge in [-0.2, -0.15) is 0 Å². The van der Waals surface area contributed by atoms with E-state index in [1.807, 2.05) is 47.0 Å². The Morgan fingerprint density at radius 1 is 1.12 bits per heavy atom. The van der Waals surface area contributed by atoms with Crippen molar-refractivity contribution in [2.75, 3.05) is 26.8 Å². The van der Waals surface area contributed by atoms with Crippen molar-refractivity contribution in [1.29, 1.82) is 0 Å². The number of hydrogen-bond donors (Lipinski definition) is 1. The smallest absolute Gasteiger partial charge is 0.306 e. The SMILES string of the molecule is COCC(OC1CCC(C(=O)O)CC1)(C(=O)Cc1ccc2nc(-c3cn(C)c4ccccc34)oc2c1F)N1CCCC1. The number of aromatic nitrogens is 2. The molecule has 0 bridgehead atoms. The molecule has 0 radical (unpaired) electrons. The van der Waals surface area contributed by atoms with Crippen molar-refractivity contribution < 1.29 is 33.0 Å². The lowest BCUT2D eigenvalue weighted by Gasteiger charge is -2.43. The summed E-state index contributed by atoms with van der Waals surface area (Å²) in [5.41, 5.74) is 0.972. The van der Waals surface area contributed by atoms with E-state index in [2.05, 4.69) is 4.98 Å². The van der Waals surface area contributed by atoms with Gasteiger partial charge in [-0.05, 0) is 56.2 Å². The first-order valence-corrected chi connectivity index (χ1v) is 14.6. The number of carboxylic acids is 1. The maximum atomic E-state index is 16.0. The van der Waals surface area contributed by atoms with Crippen LogP contribution < -0.4 is 0 Å². The van der Waals surface area contributed by atoms with Crippen LogP contribution in [0.2, 0.25) is 0 Å². The first kappa shape index (κ1) is 28.5. The Labute approximate surface area is 243 Å². The molecule has 1 saturated heterocycles. The zero-order valence-electron chi connectivity index (χ0n) is 24.0. The lowest BCUT2D eigenvalue weighted by atomic mass is 9.87. The molecule has 0 amide bonds. The highest BCUT2D eigenvalue weighted by Gasteiger charge is 2.48. The number of carbonyl (C=O) groups excluding carboxylic acids is 1. The summed E-state index contributed by atoms with van der Waals surface area (Å²) in [5.74, 6) is -1.79. The summed E-state index contributed by atoms with van der Waals surface area (Å²) < 4.78 is 36.1. The number of oxazole rings is 1. The number of ether oxygens (including phenoxy) is 2. The van der Waals surface area contributed by atoms with Crippen molar-refractivity contribution in [2.45, 2.75) is 56.8 Å². The largest absolute Gasteiger partial charge is 0.481 e. The third-order valence-corrected chi connectivity index (χ3v) is 8.83. The van der Waals surface area contributed by atoms with Crippen molar-refractivity contribution in [3.63, 3.8) is 0 Å². The van der Waals surface area contributed by atoms with Crippen LogP contribution in [0.3, 0.4) is 0 Å². The number of rotatable bonds is 10. The Bertz CT molecular complexity index is 1620. The number of para-hydroxylation sites is 1. The molecular formula is C32H36FN3O6. The van der Waals surface area contributed by atoms with E-state index in [0.717, 1.165) is 29.3 Å². The van der Waals surface area contributed by atoms with Gasteiger partial charge in [0.15, 0.2) is 17.2 Å². The summed E-state index contributed by atoms with van der Waals surface area (Å²) in [7, 11) is 3.46. The molecule has 10 heteroatoms. The van der Waals surface area contributed by atoms with Crippen LogP contribution in [-0.2, 0) is 32.5 Å². The molecule has 222 valence electrons. The molecule has 1 N–H and O–H groups in total. The predicted molar refractivity (Wildman–Crippen MR) is 154 cm³/mol. The number of aryl methyl sites for hydroxylation is 1. The van der Waals surface area contributed by atoms with E-state index in [-0.39, 0.29) is 36.1 Å². The summed E-state index contributed by atoms with van der Waals surface area (Å²) in [6.07, 6.45) is 5.32. The number of benzene rings is 2. The lowest BCUT2D eigenvalue weighted by Crippen LogP contribution is -2.61. The van der Waals surface area contributed by atoms with Crippen LogP contribution in [0.15, 0.2) is 47.0 Å². The van der Waals surface area contributed by atoms with Gasteiger partial charge in [-0.1, -0.05) is 24.3 Å². The predicted octanol–water partition coefficient (Wildman–Crippen LogP) is 5.34. The van der Waals surface area contributed by atoms with Crippen molar-refractivity contribution in [3.8, 4) is 11.5 Å². The molecule has 2 fully saturated rings. The van der Waals surface area contributed by atoms with Gasteiger partial charge in [0.2, 0.25) is 11.6 Å². The first-order chi connectivity index (χ1) is 20.3. The normalized spacial score (nSPS) is 21.2. The second-order valence-electron chi connectivity index (χ2n) is 11.5. The standard InChI is InChI=1S/C32H36FN3O6/c1-35-18-24(23-7-3-4-8-26(23)35)30-34-25-14-11-21(28(33)29(25)41-30)17-27(37)32(19-40-2,36-15-5-6-16-36)42-22-12-9-20(10-13-22)31(38)39/h3-4,7-8,11,14,18,20,22H,5-6,9-10,12-13,15-17,19H2,1-2H3,(H,38,39). The highest BCUT2D eigenvalue weighted by Crippen LogP contribution is 2.36. The second-order valence-corrected chi connectivity index (χ2v) is 11.5. The van der Waals surface area contributed by atoms with Gasteiger partial charge in [0.25, 0.3) is 0 Å². The molecule has 6 rings (SSSR count). The van der Waals surface area contributed by atoms with Crippen LogP contribution in [0.4, 0.5) is 4.39 Å². The quantitative estimate of drug-likeness (QED) is 0.269. The number of aliphatic carboxylic acids is 1. The number of methoxy groups -OCH3 is 1. The zero-order valence-corrected chi connectivity index (χ0v) is 24.0. The zero-order chi connectivity index (χ0) is 29.4. The Kier molecular flexibility index (Phi) is 7.87. The van der Waals surface area contributed by atoms with Crippen molar-refractivity contribution >= 4 is 33.8 Å². The molecule has 2 aliphatic rings. The number of hydrogen-bond acceptors (Lipinski definition) is 7. The molecule has 9 nitrogen and oxygen atoms in total. The number of nitrogens with zero attached hydrogens (tertiary/aromatic N) is 3. The molecular weight excluding hydrogens is 541 g/mol. The van der Waals surface area contributed by atoms with Crippen LogP contribution >= 0.6 is 0 Å². The highest BCUT2D eigenvalue weighted by molar-refractivity contribution is 5.95. The van der Waals surface area contributed by atoms with Gasteiger partial charge in [-0.3, -0.25) is 14.5 Å². The molecule has 4 aromatic rings. The average molecular weight is 578 g/mol. The Hall–Kier alpha value is -3.60. The molecule has 1 atom stereocenters. The van der Waals surface area contributed by atoms with E-state index < -0.39 is 23.4 Å². The third-order valence-electron chi connectivity index (χ3n) is 8.83. The van der Waals surface area contributed by atoms with Gasteiger partial charge in [0.1, 0.15) is 5.52 Å². The molecule has 1 saturated carbocycles. The maximum Gasteiger partial charge on any atom is 0.306 e. The number of carbonyl (C=O) groups is 2. The van der Waals surface area contributed by atoms with Crippen LogP contribution in [-0.4, -0.2) is 69.9 Å². The number of ketones is 1. The fourth-order valence-electron chi connectivity index (χ4n) is 6.58. The minimum atomic E-state index is -1.39. The molecule has 1 aliphatic heterocycles. The molecule has 2 aromatic heterocycles. The number of fused-ring (bicyclic) bond motifs is 2. The van der Waals surface area contributed by atoms with Crippen LogP contribution in [0.5, 0.6) is 0 Å². The number of likely N-dealkylation sites (tertiary alicyclic amines) is 1. The van der Waals surface area contributed by atoms with E-state index in [4.69, 9.17) is 13.9 Å². The fourth-order valence-corrected chi connectivity index (χ4v) is 6.58. The average Bonchev–Trinajstić information content (AvgIpc) is 3.74. The summed E-state index contributed by atoms with van der Waals surface area (Å²) >= 11 is 0. The van der Waals surface area contributed by atoms with E-state index in [9.17, 15) is 14.7 Å². The van der Waals surface area contributed by atoms with Gasteiger partial charge in [-0.15, -0.1) is 0 Å². The highest BCUT2D eigenvalue weighted by atomic mass is 19.1. The van der Waals surface area contributed by atoms with E-state index in [1.165, 1.54) is 7.11 Å². The third kappa shape index (κ3) is 5.12. The van der Waals surface area contributed by atoms with Crippen LogP contribution in [0, 0.1) is 11.7 Å². The number of Topliss-reactive ketones (excluding diaryl/α,β-unsaturated/α-hetero) is 1. The molecule has 3 heterocycles. The summed E-state index contributed by atoms with van der Waals surface area (Å²) in [6, 6.07) is 11.1. The maximum absolute atomic E-state index is 16.0. The van der Waals surface area contributed by atoms with Gasteiger partial charge in [0.05, 0.1) is 24.2 Å². The van der Waals surface area contributed by atoms with Gasteiger partial charge >= 0.3 is 5.97 Å². The fraction of sp³-hybridized carbons (Fsp3) is 0.469. The van der Waals surface area contributed by atoms with Crippen molar-refractivity contribution in [2.24, 2.45) is 13.0 Å². The van der Waals surface area contributed by atoms with E-state index >= 15 is 4.39 Å².